The summed E-state index contributed by atoms with van der Waals surface area (Å²) in [7, 11) is 1.57. The van der Waals surface area contributed by atoms with Crippen molar-refractivity contribution in [1.82, 2.24) is 14.0 Å². The highest BCUT2D eigenvalue weighted by atomic mass is 35.5. The average Bonchev–Trinajstić information content (AvgIpc) is 3.83. The summed E-state index contributed by atoms with van der Waals surface area (Å²) in [5, 5.41) is 24.7. The Morgan fingerprint density at radius 3 is 2.40 bits per heavy atom. The van der Waals surface area contributed by atoms with Crippen molar-refractivity contribution >= 4 is 80.7 Å². The van der Waals surface area contributed by atoms with Gasteiger partial charge >= 0.3 is 21.5 Å². The lowest BCUT2D eigenvalue weighted by Crippen LogP contribution is -2.63. The van der Waals surface area contributed by atoms with Gasteiger partial charge in [-0.1, -0.05) is 46.9 Å². The minimum Gasteiger partial charge on any atom is -0.497 e. The molecule has 0 radical (unpaired) electrons. The average molecular weight is 897 g/mol. The van der Waals surface area contributed by atoms with Gasteiger partial charge in [-0.2, -0.15) is 18.1 Å². The molecule has 294 valence electrons. The molecule has 5 aromatic heterocycles. The number of benzene rings is 2. The molecule has 0 spiro atoms. The molecular formula is C40H32Cl4N7O5S2+3. The number of aromatic hydroxyl groups is 2. The maximum absolute atomic E-state index is 14.8. The van der Waals surface area contributed by atoms with E-state index in [0.717, 1.165) is 15.3 Å². The highest BCUT2D eigenvalue weighted by Gasteiger charge is 2.52. The first-order valence-electron chi connectivity index (χ1n) is 18.4. The third kappa shape index (κ3) is 5.82. The van der Waals surface area contributed by atoms with E-state index in [1.54, 1.807) is 75.5 Å². The first-order valence-corrected chi connectivity index (χ1v) is 21.6. The molecule has 0 saturated heterocycles. The number of anilines is 1. The standard InChI is InChI=1S/C40H30Cl4N7O5S2/c1-56-25-8-5-20(6-9-25)31-34(52)47-11-2-4-21-7-10-26(50(33(21)47)36(31)54)29-19-49(39(44)58-29)30-17-27(28-18-45-38(43)57-28)51-37(55)32(22-14-23(41)16-24(42)15-22)35(53)48-13-3-12-46(30)40(48)51/h2,4-6,8-9,11,14-16,18-19,26-27,30H,3,7,10,12-13,17H2,1H3/q+1/p+2. The van der Waals surface area contributed by atoms with Gasteiger partial charge in [0.05, 0.1) is 37.7 Å². The van der Waals surface area contributed by atoms with Gasteiger partial charge in [-0.05, 0) is 77.8 Å². The van der Waals surface area contributed by atoms with Crippen LogP contribution in [0.5, 0.6) is 17.5 Å². The van der Waals surface area contributed by atoms with E-state index in [0.29, 0.717) is 86.2 Å². The van der Waals surface area contributed by atoms with Crippen molar-refractivity contribution in [2.75, 3.05) is 18.6 Å². The predicted molar refractivity (Wildman–Crippen MR) is 222 cm³/mol. The molecule has 10 rings (SSSR count). The minimum atomic E-state index is -0.535. The van der Waals surface area contributed by atoms with Crippen LogP contribution in [0.15, 0.2) is 82.8 Å². The van der Waals surface area contributed by atoms with E-state index >= 15 is 0 Å². The van der Waals surface area contributed by atoms with Crippen LogP contribution >= 0.6 is 69.1 Å². The van der Waals surface area contributed by atoms with Gasteiger partial charge in [0.15, 0.2) is 16.2 Å². The highest BCUT2D eigenvalue weighted by molar-refractivity contribution is 7.16. The van der Waals surface area contributed by atoms with Crippen molar-refractivity contribution in [3.63, 3.8) is 0 Å². The lowest BCUT2D eigenvalue weighted by Gasteiger charge is -2.36. The summed E-state index contributed by atoms with van der Waals surface area (Å²) in [6, 6.07) is 14.8. The molecule has 3 aliphatic rings. The number of hydrogen-bond acceptors (Lipinski definition) is 9. The predicted octanol–water partition coefficient (Wildman–Crippen LogP) is 7.15. The molecule has 8 heterocycles. The van der Waals surface area contributed by atoms with Crippen LogP contribution in [0, 0.1) is 0 Å². The van der Waals surface area contributed by atoms with Crippen LogP contribution in [-0.4, -0.2) is 37.8 Å². The number of ether oxygens (including phenoxy) is 1. The van der Waals surface area contributed by atoms with E-state index in [9.17, 15) is 19.8 Å². The zero-order valence-electron chi connectivity index (χ0n) is 30.5. The molecule has 7 aromatic rings. The fourth-order valence-corrected chi connectivity index (χ4v) is 11.9. The highest BCUT2D eigenvalue weighted by Crippen LogP contribution is 2.44. The number of hydrogen-bond donors (Lipinski definition) is 2. The minimum absolute atomic E-state index is 0.0919. The molecule has 18 heteroatoms. The number of aryl methyl sites for hydroxylation is 1. The molecule has 0 aliphatic carbocycles. The largest absolute Gasteiger partial charge is 0.497 e. The maximum Gasteiger partial charge on any atom is 0.371 e. The smallest absolute Gasteiger partial charge is 0.371 e. The Hall–Kier alpha value is -4.70. The van der Waals surface area contributed by atoms with E-state index in [1.807, 2.05) is 27.5 Å². The molecule has 2 N–H and O–H groups in total. The summed E-state index contributed by atoms with van der Waals surface area (Å²) in [5.74, 6) is 0.833. The summed E-state index contributed by atoms with van der Waals surface area (Å²) in [5.41, 5.74) is 2.06. The van der Waals surface area contributed by atoms with Gasteiger partial charge in [-0.15, -0.1) is 15.9 Å². The van der Waals surface area contributed by atoms with Gasteiger partial charge in [0.25, 0.3) is 23.6 Å². The van der Waals surface area contributed by atoms with Crippen LogP contribution in [0.3, 0.4) is 0 Å². The Morgan fingerprint density at radius 2 is 1.67 bits per heavy atom. The molecule has 0 bridgehead atoms. The molecule has 12 nitrogen and oxygen atoms in total. The fraction of sp³-hybridized carbons (Fsp3) is 0.250. The van der Waals surface area contributed by atoms with Gasteiger partial charge in [-0.25, -0.2) is 19.5 Å². The lowest BCUT2D eigenvalue weighted by molar-refractivity contribution is -0.735. The lowest BCUT2D eigenvalue weighted by atomic mass is 9.98. The van der Waals surface area contributed by atoms with Crippen molar-refractivity contribution in [2.45, 2.75) is 50.5 Å². The summed E-state index contributed by atoms with van der Waals surface area (Å²) in [6.07, 6.45) is 7.43. The molecule has 0 fully saturated rings. The van der Waals surface area contributed by atoms with E-state index in [2.05, 4.69) is 9.88 Å². The number of rotatable bonds is 6. The SMILES string of the molecule is COc1ccc(-c2c(O)[n+]3c4c(cccn4c2=O)CCC3c2c[n+](C3CC(c4cnc(Cl)s4)n4c5[n+](c(O)c(-c6cc(Cl)cc(Cl)c6)c4=O)CCCN53)c(Cl)s2)cc1. The Balaban J connectivity index is 1.13. The summed E-state index contributed by atoms with van der Waals surface area (Å²) in [6.45, 7) is 1.03. The Morgan fingerprint density at radius 1 is 0.914 bits per heavy atom. The van der Waals surface area contributed by atoms with Crippen LogP contribution in [0.25, 0.3) is 27.9 Å². The van der Waals surface area contributed by atoms with E-state index in [1.165, 1.54) is 22.7 Å². The summed E-state index contributed by atoms with van der Waals surface area (Å²) >= 11 is 29.2. The van der Waals surface area contributed by atoms with E-state index < -0.39 is 17.8 Å². The van der Waals surface area contributed by atoms with Crippen LogP contribution in [0.4, 0.5) is 5.95 Å². The zero-order valence-corrected chi connectivity index (χ0v) is 35.1. The van der Waals surface area contributed by atoms with Crippen molar-refractivity contribution in [3.8, 4) is 39.8 Å². The number of aromatic nitrogens is 6. The maximum atomic E-state index is 14.8. The number of thiazole rings is 2. The first-order chi connectivity index (χ1) is 28.0. The second kappa shape index (κ2) is 14.2. The molecule has 3 unspecified atom stereocenters. The zero-order chi connectivity index (χ0) is 40.1. The second-order valence-corrected chi connectivity index (χ2v) is 18.6. The van der Waals surface area contributed by atoms with Gasteiger partial charge in [0.1, 0.15) is 28.3 Å². The normalized spacial score (nSPS) is 18.4. The third-order valence-corrected chi connectivity index (χ3v) is 14.4. The Kier molecular flexibility index (Phi) is 9.22. The van der Waals surface area contributed by atoms with Gasteiger partial charge in [0, 0.05) is 39.8 Å². The van der Waals surface area contributed by atoms with Crippen LogP contribution in [0.2, 0.25) is 19.0 Å². The molecule has 0 amide bonds. The number of methoxy groups -OCH3 is 1. The van der Waals surface area contributed by atoms with E-state index in [-0.39, 0.29) is 34.5 Å². The van der Waals surface area contributed by atoms with Crippen LogP contribution in [-0.2, 0) is 13.0 Å². The third-order valence-electron chi connectivity index (χ3n) is 11.3. The van der Waals surface area contributed by atoms with Crippen LogP contribution in [0.1, 0.15) is 52.8 Å². The molecule has 2 aromatic carbocycles. The van der Waals surface area contributed by atoms with Crippen molar-refractivity contribution in [1.29, 1.82) is 0 Å². The van der Waals surface area contributed by atoms with Gasteiger partial charge in [0.2, 0.25) is 0 Å². The van der Waals surface area contributed by atoms with Crippen molar-refractivity contribution in [2.24, 2.45) is 0 Å². The fourth-order valence-electron chi connectivity index (χ4n) is 8.87. The molecule has 58 heavy (non-hydrogen) atoms. The molecular weight excluding hydrogens is 864 g/mol. The summed E-state index contributed by atoms with van der Waals surface area (Å²) < 4.78 is 15.1. The van der Waals surface area contributed by atoms with E-state index in [4.69, 9.17) is 51.1 Å². The van der Waals surface area contributed by atoms with Gasteiger partial charge in [-0.3, -0.25) is 0 Å². The molecule has 3 atom stereocenters. The first kappa shape index (κ1) is 37.6. The number of halogens is 4. The number of pyridine rings is 1. The Labute approximate surface area is 358 Å². The van der Waals surface area contributed by atoms with Crippen LogP contribution < -0.4 is 34.5 Å². The quantitative estimate of drug-likeness (QED) is 0.170. The number of nitrogens with zero attached hydrogens (tertiary/aromatic N) is 7. The topological polar surface area (TPSA) is 121 Å². The Bertz CT molecular complexity index is 2950. The van der Waals surface area contributed by atoms with Crippen molar-refractivity contribution in [3.05, 3.63) is 128 Å². The molecule has 3 aliphatic heterocycles. The monoisotopic (exact) mass is 894 g/mol. The van der Waals surface area contributed by atoms with Gasteiger partial charge < -0.3 is 14.9 Å². The second-order valence-electron chi connectivity index (χ2n) is 14.5. The molecule has 0 saturated carbocycles. The van der Waals surface area contributed by atoms with Crippen molar-refractivity contribution < 1.29 is 28.7 Å². The summed E-state index contributed by atoms with van der Waals surface area (Å²) in [4.78, 5) is 36.9.